The van der Waals surface area contributed by atoms with Crippen molar-refractivity contribution < 1.29 is 15.3 Å². The van der Waals surface area contributed by atoms with E-state index in [0.717, 1.165) is 0 Å². The van der Waals surface area contributed by atoms with E-state index in [1.807, 2.05) is 0 Å². The van der Waals surface area contributed by atoms with E-state index in [0.29, 0.717) is 11.1 Å². The molecule has 0 saturated heterocycles. The van der Waals surface area contributed by atoms with Gasteiger partial charge in [-0.15, -0.1) is 0 Å². The predicted octanol–water partition coefficient (Wildman–Crippen LogP) is 1.15. The number of aliphatic hydroxyl groups is 3. The number of rotatable bonds is 0. The van der Waals surface area contributed by atoms with Crippen LogP contribution in [0.25, 0.3) is 0 Å². The van der Waals surface area contributed by atoms with Gasteiger partial charge in [0.2, 0.25) is 0 Å². The molecule has 0 bridgehead atoms. The highest BCUT2D eigenvalue weighted by molar-refractivity contribution is 5.48. The molecular weight excluding hydrogens is 192 g/mol. The predicted molar refractivity (Wildman–Crippen MR) is 59.4 cm³/mol. The van der Waals surface area contributed by atoms with Crippen LogP contribution in [0.2, 0.25) is 0 Å². The van der Waals surface area contributed by atoms with Gasteiger partial charge in [0.15, 0.2) is 0 Å². The second-order valence-electron chi connectivity index (χ2n) is 4.95. The first-order chi connectivity index (χ1) is 6.47. The van der Waals surface area contributed by atoms with Crippen molar-refractivity contribution in [1.82, 2.24) is 0 Å². The maximum atomic E-state index is 10.3. The lowest BCUT2D eigenvalue weighted by atomic mass is 9.62. The van der Waals surface area contributed by atoms with Gasteiger partial charge in [-0.3, -0.25) is 0 Å². The van der Waals surface area contributed by atoms with Crippen LogP contribution < -0.4 is 0 Å². The molecule has 86 valence electrons. The summed E-state index contributed by atoms with van der Waals surface area (Å²) in [6.07, 6.45) is 0. The standard InChI is InChI=1S/C12H20O3/c1-7-8(2)11(5,14)12(6,15)9(3)10(7,4)13/h13-15H,3H2,1-2,4-6H3. The SMILES string of the molecule is C=C1C(C)(O)C(C)=C(C)C(C)(O)C1(C)O. The van der Waals surface area contributed by atoms with Gasteiger partial charge >= 0.3 is 0 Å². The normalized spacial score (nSPS) is 47.3. The third kappa shape index (κ3) is 1.30. The van der Waals surface area contributed by atoms with Gasteiger partial charge in [-0.1, -0.05) is 6.58 Å². The van der Waals surface area contributed by atoms with E-state index in [2.05, 4.69) is 6.58 Å². The largest absolute Gasteiger partial charge is 0.382 e. The van der Waals surface area contributed by atoms with E-state index in [4.69, 9.17) is 0 Å². The summed E-state index contributed by atoms with van der Waals surface area (Å²) in [7, 11) is 0. The first-order valence-electron chi connectivity index (χ1n) is 5.02. The van der Waals surface area contributed by atoms with Crippen LogP contribution in [0, 0.1) is 0 Å². The lowest BCUT2D eigenvalue weighted by molar-refractivity contribution is -0.109. The van der Waals surface area contributed by atoms with Gasteiger partial charge in [0.05, 0.1) is 0 Å². The molecule has 0 aromatic heterocycles. The van der Waals surface area contributed by atoms with Crippen molar-refractivity contribution in [2.75, 3.05) is 0 Å². The van der Waals surface area contributed by atoms with E-state index in [-0.39, 0.29) is 5.57 Å². The van der Waals surface area contributed by atoms with Gasteiger partial charge in [0.1, 0.15) is 16.8 Å². The molecule has 3 heteroatoms. The zero-order chi connectivity index (χ0) is 12.2. The van der Waals surface area contributed by atoms with Gasteiger partial charge in [-0.2, -0.15) is 0 Å². The average molecular weight is 212 g/mol. The zero-order valence-corrected chi connectivity index (χ0v) is 10.0. The van der Waals surface area contributed by atoms with Crippen LogP contribution in [0.3, 0.4) is 0 Å². The van der Waals surface area contributed by atoms with Crippen molar-refractivity contribution in [1.29, 1.82) is 0 Å². The third-order valence-corrected chi connectivity index (χ3v) is 4.15. The van der Waals surface area contributed by atoms with Crippen LogP contribution in [0.15, 0.2) is 23.3 Å². The fourth-order valence-electron chi connectivity index (χ4n) is 2.09. The van der Waals surface area contributed by atoms with Crippen LogP contribution >= 0.6 is 0 Å². The Bertz CT molecular complexity index is 346. The zero-order valence-electron chi connectivity index (χ0n) is 10.0. The molecule has 1 rings (SSSR count). The van der Waals surface area contributed by atoms with Gasteiger partial charge in [0, 0.05) is 0 Å². The van der Waals surface area contributed by atoms with E-state index in [1.165, 1.54) is 13.8 Å². The molecule has 1 aliphatic carbocycles. The minimum absolute atomic E-state index is 0.225. The lowest BCUT2D eigenvalue weighted by Crippen LogP contribution is -2.60. The first kappa shape index (κ1) is 12.4. The van der Waals surface area contributed by atoms with E-state index in [1.54, 1.807) is 20.8 Å². The second-order valence-corrected chi connectivity index (χ2v) is 4.95. The van der Waals surface area contributed by atoms with Gasteiger partial charge < -0.3 is 15.3 Å². The molecule has 3 nitrogen and oxygen atoms in total. The molecule has 0 aromatic rings. The summed E-state index contributed by atoms with van der Waals surface area (Å²) in [5.41, 5.74) is -2.73. The Balaban J connectivity index is 3.55. The molecule has 0 aliphatic heterocycles. The summed E-state index contributed by atoms with van der Waals surface area (Å²) < 4.78 is 0. The molecule has 0 amide bonds. The Labute approximate surface area is 90.8 Å². The highest BCUT2D eigenvalue weighted by Crippen LogP contribution is 2.47. The fraction of sp³-hybridized carbons (Fsp3) is 0.667. The van der Waals surface area contributed by atoms with Crippen LogP contribution in [-0.2, 0) is 0 Å². The lowest BCUT2D eigenvalue weighted by Gasteiger charge is -2.51. The molecule has 0 fully saturated rings. The van der Waals surface area contributed by atoms with Gasteiger partial charge in [-0.05, 0) is 51.3 Å². The van der Waals surface area contributed by atoms with Gasteiger partial charge in [-0.25, -0.2) is 0 Å². The maximum Gasteiger partial charge on any atom is 0.118 e. The van der Waals surface area contributed by atoms with Gasteiger partial charge in [0.25, 0.3) is 0 Å². The summed E-state index contributed by atoms with van der Waals surface area (Å²) in [6, 6.07) is 0. The molecule has 3 N–H and O–H groups in total. The van der Waals surface area contributed by atoms with Crippen molar-refractivity contribution in [3.8, 4) is 0 Å². The van der Waals surface area contributed by atoms with E-state index in [9.17, 15) is 15.3 Å². The van der Waals surface area contributed by atoms with Crippen molar-refractivity contribution in [3.05, 3.63) is 23.3 Å². The monoisotopic (exact) mass is 212 g/mol. The molecule has 1 aliphatic rings. The van der Waals surface area contributed by atoms with Crippen LogP contribution in [0.4, 0.5) is 0 Å². The summed E-state index contributed by atoms with van der Waals surface area (Å²) in [5, 5.41) is 30.7. The smallest absolute Gasteiger partial charge is 0.118 e. The molecule has 3 unspecified atom stereocenters. The van der Waals surface area contributed by atoms with Crippen molar-refractivity contribution in [3.63, 3.8) is 0 Å². The summed E-state index contributed by atoms with van der Waals surface area (Å²) >= 11 is 0. The Morgan fingerprint density at radius 2 is 1.27 bits per heavy atom. The topological polar surface area (TPSA) is 60.7 Å². The quantitative estimate of drug-likeness (QED) is 0.528. The van der Waals surface area contributed by atoms with Crippen molar-refractivity contribution in [2.24, 2.45) is 0 Å². The molecular formula is C12H20O3. The molecule has 3 atom stereocenters. The molecule has 0 aromatic carbocycles. The Hall–Kier alpha value is -0.640. The average Bonchev–Trinajstić information content (AvgIpc) is 2.12. The molecule has 15 heavy (non-hydrogen) atoms. The van der Waals surface area contributed by atoms with E-state index >= 15 is 0 Å². The first-order valence-corrected chi connectivity index (χ1v) is 5.02. The number of hydrogen-bond acceptors (Lipinski definition) is 3. The third-order valence-electron chi connectivity index (χ3n) is 4.15. The highest BCUT2D eigenvalue weighted by atomic mass is 16.4. The molecule has 0 radical (unpaired) electrons. The van der Waals surface area contributed by atoms with Crippen molar-refractivity contribution >= 4 is 0 Å². The Morgan fingerprint density at radius 1 is 0.867 bits per heavy atom. The Morgan fingerprint density at radius 3 is 1.67 bits per heavy atom. The summed E-state index contributed by atoms with van der Waals surface area (Å²) in [6.45, 7) is 11.7. The van der Waals surface area contributed by atoms with Crippen LogP contribution in [-0.4, -0.2) is 32.1 Å². The summed E-state index contributed by atoms with van der Waals surface area (Å²) in [4.78, 5) is 0. The molecule has 0 spiro atoms. The highest BCUT2D eigenvalue weighted by Gasteiger charge is 2.55. The minimum Gasteiger partial charge on any atom is -0.382 e. The maximum absolute atomic E-state index is 10.3. The van der Waals surface area contributed by atoms with Crippen LogP contribution in [0.1, 0.15) is 34.6 Å². The number of hydrogen-bond donors (Lipinski definition) is 3. The molecule has 0 heterocycles. The Kier molecular flexibility index (Phi) is 2.43. The molecule has 0 saturated carbocycles. The second kappa shape index (κ2) is 2.94. The summed E-state index contributed by atoms with van der Waals surface area (Å²) in [5.74, 6) is 0. The van der Waals surface area contributed by atoms with Crippen molar-refractivity contribution in [2.45, 2.75) is 51.4 Å². The van der Waals surface area contributed by atoms with E-state index < -0.39 is 16.8 Å². The minimum atomic E-state index is -1.53. The fourth-order valence-corrected chi connectivity index (χ4v) is 2.09. The van der Waals surface area contributed by atoms with Crippen LogP contribution in [0.5, 0.6) is 0 Å².